The Morgan fingerprint density at radius 3 is 2.68 bits per heavy atom. The van der Waals surface area contributed by atoms with Crippen molar-refractivity contribution < 1.29 is 4.79 Å². The lowest BCUT2D eigenvalue weighted by molar-refractivity contribution is -0.116. The molecule has 0 amide bonds. The standard InChI is InChI=1S/C17H15N3OS/c1-20-14(16-8-5-9-22-16)10-15(21)13(11-18)17(19-20)12-6-3-2-4-7-12/h2-9,14,19H,10H2,1H3/t14-/m0/s1. The number of hydrogen-bond acceptors (Lipinski definition) is 5. The van der Waals surface area contributed by atoms with Gasteiger partial charge in [-0.25, -0.2) is 5.01 Å². The summed E-state index contributed by atoms with van der Waals surface area (Å²) in [6.45, 7) is 0. The largest absolute Gasteiger partial charge is 0.316 e. The van der Waals surface area contributed by atoms with Crippen molar-refractivity contribution in [1.82, 2.24) is 10.4 Å². The molecule has 0 radical (unpaired) electrons. The van der Waals surface area contributed by atoms with Crippen molar-refractivity contribution in [3.63, 3.8) is 0 Å². The van der Waals surface area contributed by atoms with Gasteiger partial charge in [-0.2, -0.15) is 5.26 Å². The van der Waals surface area contributed by atoms with Gasteiger partial charge in [0.25, 0.3) is 0 Å². The number of rotatable bonds is 2. The summed E-state index contributed by atoms with van der Waals surface area (Å²) in [5.41, 5.74) is 4.85. The van der Waals surface area contributed by atoms with Crippen LogP contribution >= 0.6 is 11.3 Å². The zero-order valence-electron chi connectivity index (χ0n) is 12.1. The van der Waals surface area contributed by atoms with Gasteiger partial charge in [0.2, 0.25) is 0 Å². The lowest BCUT2D eigenvalue weighted by Crippen LogP contribution is -2.35. The molecule has 0 saturated heterocycles. The van der Waals surface area contributed by atoms with E-state index in [2.05, 4.69) is 11.5 Å². The monoisotopic (exact) mass is 309 g/mol. The number of hydrazine groups is 1. The quantitative estimate of drug-likeness (QED) is 0.926. The predicted molar refractivity (Wildman–Crippen MR) is 86.6 cm³/mol. The van der Waals surface area contributed by atoms with Gasteiger partial charge in [0.15, 0.2) is 5.78 Å². The van der Waals surface area contributed by atoms with Crippen LogP contribution in [-0.4, -0.2) is 17.8 Å². The first-order valence-corrected chi connectivity index (χ1v) is 7.84. The summed E-state index contributed by atoms with van der Waals surface area (Å²) in [5, 5.41) is 13.3. The molecular weight excluding hydrogens is 294 g/mol. The highest BCUT2D eigenvalue weighted by atomic mass is 32.1. The predicted octanol–water partition coefficient (Wildman–Crippen LogP) is 3.13. The molecule has 22 heavy (non-hydrogen) atoms. The molecule has 5 heteroatoms. The Morgan fingerprint density at radius 1 is 1.27 bits per heavy atom. The number of carbonyl (C=O) groups excluding carboxylic acids is 1. The maximum Gasteiger partial charge on any atom is 0.177 e. The second kappa shape index (κ2) is 6.14. The lowest BCUT2D eigenvalue weighted by atomic mass is 10.0. The van der Waals surface area contributed by atoms with Crippen LogP contribution in [0.3, 0.4) is 0 Å². The van der Waals surface area contributed by atoms with Crippen molar-refractivity contribution in [2.75, 3.05) is 7.05 Å². The first-order chi connectivity index (χ1) is 10.7. The number of benzene rings is 1. The van der Waals surface area contributed by atoms with Gasteiger partial charge in [0.05, 0.1) is 11.7 Å². The van der Waals surface area contributed by atoms with Gasteiger partial charge in [-0.3, -0.25) is 4.79 Å². The number of carbonyl (C=O) groups is 1. The van der Waals surface area contributed by atoms with Crippen molar-refractivity contribution in [2.24, 2.45) is 0 Å². The molecule has 0 saturated carbocycles. The molecule has 1 N–H and O–H groups in total. The van der Waals surface area contributed by atoms with Crippen LogP contribution in [0, 0.1) is 11.3 Å². The summed E-state index contributed by atoms with van der Waals surface area (Å²) < 4.78 is 0. The molecule has 2 heterocycles. The molecule has 0 spiro atoms. The lowest BCUT2D eigenvalue weighted by Gasteiger charge is -2.26. The van der Waals surface area contributed by atoms with Crippen molar-refractivity contribution >= 4 is 22.8 Å². The molecule has 1 aliphatic heterocycles. The topological polar surface area (TPSA) is 56.1 Å². The zero-order chi connectivity index (χ0) is 15.5. The van der Waals surface area contributed by atoms with Crippen LogP contribution in [0.5, 0.6) is 0 Å². The van der Waals surface area contributed by atoms with Crippen molar-refractivity contribution in [1.29, 1.82) is 5.26 Å². The van der Waals surface area contributed by atoms with E-state index >= 15 is 0 Å². The molecule has 0 fully saturated rings. The SMILES string of the molecule is CN1NC(c2ccccc2)=C(C#N)C(=O)C[C@H]1c1cccs1. The van der Waals surface area contributed by atoms with E-state index in [9.17, 15) is 10.1 Å². The summed E-state index contributed by atoms with van der Waals surface area (Å²) in [4.78, 5) is 13.6. The molecule has 0 bridgehead atoms. The van der Waals surface area contributed by atoms with Gasteiger partial charge in [-0.15, -0.1) is 11.3 Å². The van der Waals surface area contributed by atoms with E-state index in [4.69, 9.17) is 0 Å². The van der Waals surface area contributed by atoms with E-state index in [1.165, 1.54) is 0 Å². The first-order valence-electron chi connectivity index (χ1n) is 6.96. The average molecular weight is 309 g/mol. The summed E-state index contributed by atoms with van der Waals surface area (Å²) in [5.74, 6) is -0.128. The highest BCUT2D eigenvalue weighted by Gasteiger charge is 2.30. The molecule has 4 nitrogen and oxygen atoms in total. The van der Waals surface area contributed by atoms with Crippen LogP contribution in [0.15, 0.2) is 53.4 Å². The summed E-state index contributed by atoms with van der Waals surface area (Å²) >= 11 is 1.62. The Bertz CT molecular complexity index is 744. The van der Waals surface area contributed by atoms with Crippen molar-refractivity contribution in [2.45, 2.75) is 12.5 Å². The minimum absolute atomic E-state index is 0.0722. The van der Waals surface area contributed by atoms with Crippen LogP contribution < -0.4 is 5.43 Å². The van der Waals surface area contributed by atoms with E-state index in [-0.39, 0.29) is 17.4 Å². The number of nitrogens with zero attached hydrogens (tertiary/aromatic N) is 2. The maximum atomic E-state index is 12.5. The molecule has 110 valence electrons. The van der Waals surface area contributed by atoms with Gasteiger partial charge in [0, 0.05) is 23.9 Å². The third kappa shape index (κ3) is 2.67. The van der Waals surface area contributed by atoms with Crippen LogP contribution in [-0.2, 0) is 4.79 Å². The molecule has 0 aliphatic carbocycles. The van der Waals surface area contributed by atoms with Crippen molar-refractivity contribution in [3.8, 4) is 6.07 Å². The molecule has 0 unspecified atom stereocenters. The zero-order valence-corrected chi connectivity index (χ0v) is 12.9. The Kier molecular flexibility index (Phi) is 4.05. The van der Waals surface area contributed by atoms with Crippen LogP contribution in [0.25, 0.3) is 5.70 Å². The number of nitriles is 1. The van der Waals surface area contributed by atoms with E-state index in [0.29, 0.717) is 12.1 Å². The van der Waals surface area contributed by atoms with E-state index in [0.717, 1.165) is 10.4 Å². The first kappa shape index (κ1) is 14.5. The fourth-order valence-corrected chi connectivity index (χ4v) is 3.44. The highest BCUT2D eigenvalue weighted by Crippen LogP contribution is 2.32. The summed E-state index contributed by atoms with van der Waals surface area (Å²) in [6.07, 6.45) is 0.295. The molecule has 2 aromatic rings. The Hall–Kier alpha value is -2.42. The molecular formula is C17H15N3OS. The molecule has 3 rings (SSSR count). The van der Waals surface area contributed by atoms with Crippen LogP contribution in [0.4, 0.5) is 0 Å². The molecule has 1 aliphatic rings. The van der Waals surface area contributed by atoms with Crippen LogP contribution in [0.1, 0.15) is 22.9 Å². The van der Waals surface area contributed by atoms with Crippen LogP contribution in [0.2, 0.25) is 0 Å². The number of nitrogens with one attached hydrogen (secondary N) is 1. The normalized spacial score (nSPS) is 19.5. The van der Waals surface area contributed by atoms with Gasteiger partial charge >= 0.3 is 0 Å². The Balaban J connectivity index is 2.03. The van der Waals surface area contributed by atoms with Gasteiger partial charge in [-0.1, -0.05) is 36.4 Å². The number of ketones is 1. The van der Waals surface area contributed by atoms with Gasteiger partial charge < -0.3 is 5.43 Å². The second-order valence-corrected chi connectivity index (χ2v) is 6.09. The molecule has 1 aromatic carbocycles. The molecule has 1 aromatic heterocycles. The van der Waals surface area contributed by atoms with E-state index in [1.807, 2.05) is 59.9 Å². The summed E-state index contributed by atoms with van der Waals surface area (Å²) in [7, 11) is 1.90. The summed E-state index contributed by atoms with van der Waals surface area (Å²) in [6, 6.07) is 15.5. The number of Topliss-reactive ketones (excluding diaryl/α,β-unsaturated/α-hetero) is 1. The number of allylic oxidation sites excluding steroid dienone is 1. The Morgan fingerprint density at radius 2 is 2.05 bits per heavy atom. The highest BCUT2D eigenvalue weighted by molar-refractivity contribution is 7.10. The maximum absolute atomic E-state index is 12.5. The average Bonchev–Trinajstić information content (AvgIpc) is 3.03. The van der Waals surface area contributed by atoms with Gasteiger partial charge in [0.1, 0.15) is 11.6 Å². The minimum Gasteiger partial charge on any atom is -0.316 e. The number of hydrogen-bond donors (Lipinski definition) is 1. The third-order valence-electron chi connectivity index (χ3n) is 3.71. The van der Waals surface area contributed by atoms with E-state index in [1.54, 1.807) is 11.3 Å². The minimum atomic E-state index is -0.128. The van der Waals surface area contributed by atoms with E-state index < -0.39 is 0 Å². The van der Waals surface area contributed by atoms with Gasteiger partial charge in [-0.05, 0) is 11.4 Å². The van der Waals surface area contributed by atoms with Crippen molar-refractivity contribution in [3.05, 3.63) is 63.9 Å². The smallest absolute Gasteiger partial charge is 0.177 e. The fourth-order valence-electron chi connectivity index (χ4n) is 2.57. The molecule has 1 atom stereocenters. The third-order valence-corrected chi connectivity index (χ3v) is 4.68. The number of thiophene rings is 1. The second-order valence-electron chi connectivity index (χ2n) is 5.11. The fraction of sp³-hybridized carbons (Fsp3) is 0.176. The Labute approximate surface area is 133 Å².